The number of guanidine groups is 1. The van der Waals surface area contributed by atoms with Crippen LogP contribution in [0, 0.1) is 0 Å². The number of aliphatic imine (C=N–C) groups is 2. The molecule has 6 nitrogen and oxygen atoms in total. The second-order valence-electron chi connectivity index (χ2n) is 2.57. The zero-order valence-electron chi connectivity index (χ0n) is 6.41. The maximum Gasteiger partial charge on any atom is 0.219 e. The number of nitrogens with one attached hydrogen (secondary N) is 2. The molecule has 0 fully saturated rings. The predicted molar refractivity (Wildman–Crippen MR) is 46.3 cm³/mol. The molecule has 1 unspecified atom stereocenters. The summed E-state index contributed by atoms with van der Waals surface area (Å²) < 4.78 is 0. The third-order valence-corrected chi connectivity index (χ3v) is 1.74. The molecule has 0 amide bonds. The van der Waals surface area contributed by atoms with E-state index in [1.807, 2.05) is 0 Å². The molecule has 64 valence electrons. The number of nitrogens with zero attached hydrogens (tertiary/aromatic N) is 2. The Hall–Kier alpha value is -1.56. The van der Waals surface area contributed by atoms with Gasteiger partial charge in [-0.05, 0) is 0 Å². The zero-order valence-corrected chi connectivity index (χ0v) is 6.41. The van der Waals surface area contributed by atoms with Crippen molar-refractivity contribution in [2.24, 2.45) is 21.5 Å². The molecule has 0 aliphatic carbocycles. The summed E-state index contributed by atoms with van der Waals surface area (Å²) in [6, 6.07) is 0. The third kappa shape index (κ3) is 1.02. The van der Waals surface area contributed by atoms with Crippen LogP contribution in [0.15, 0.2) is 21.8 Å². The molecular formula is C6H10N6. The van der Waals surface area contributed by atoms with Crippen LogP contribution in [0.5, 0.6) is 0 Å². The van der Waals surface area contributed by atoms with Crippen LogP contribution in [-0.2, 0) is 0 Å². The van der Waals surface area contributed by atoms with Gasteiger partial charge < -0.3 is 16.8 Å². The molecule has 2 heterocycles. The van der Waals surface area contributed by atoms with Gasteiger partial charge in [-0.3, -0.25) is 5.32 Å². The minimum absolute atomic E-state index is 0.135. The summed E-state index contributed by atoms with van der Waals surface area (Å²) in [5.41, 5.74) is 11.9. The summed E-state index contributed by atoms with van der Waals surface area (Å²) in [7, 11) is 0. The molecule has 6 heteroatoms. The molecule has 0 spiro atoms. The standard InChI is InChI=1S/C6H10N6/c7-4-3-1-9-2-10-5(3)12-6(8)11-4/h1,5,9-10H,2H2,(H4,7,8,11,12). The van der Waals surface area contributed by atoms with Crippen LogP contribution in [0.1, 0.15) is 0 Å². The van der Waals surface area contributed by atoms with Crippen molar-refractivity contribution < 1.29 is 0 Å². The molecular weight excluding hydrogens is 156 g/mol. The predicted octanol–water partition coefficient (Wildman–Crippen LogP) is -1.97. The lowest BCUT2D eigenvalue weighted by atomic mass is 10.1. The molecule has 6 N–H and O–H groups in total. The van der Waals surface area contributed by atoms with Gasteiger partial charge in [-0.2, -0.15) is 4.99 Å². The Morgan fingerprint density at radius 1 is 1.50 bits per heavy atom. The Bertz CT molecular complexity index is 288. The highest BCUT2D eigenvalue weighted by Gasteiger charge is 2.22. The van der Waals surface area contributed by atoms with Crippen LogP contribution in [-0.4, -0.2) is 24.6 Å². The smallest absolute Gasteiger partial charge is 0.219 e. The number of hydrogen-bond acceptors (Lipinski definition) is 6. The monoisotopic (exact) mass is 166 g/mol. The SMILES string of the molecule is NC1=NC2NCNC=C2C(N)=N1. The fraction of sp³-hybridized carbons (Fsp3) is 0.333. The number of amidine groups is 1. The normalized spacial score (nSPS) is 27.7. The Morgan fingerprint density at radius 3 is 3.17 bits per heavy atom. The quantitative estimate of drug-likeness (QED) is 0.335. The second kappa shape index (κ2) is 2.49. The minimum atomic E-state index is -0.135. The highest BCUT2D eigenvalue weighted by atomic mass is 15.2. The van der Waals surface area contributed by atoms with Gasteiger partial charge in [-0.25, -0.2) is 4.99 Å². The van der Waals surface area contributed by atoms with E-state index in [1.54, 1.807) is 6.20 Å². The van der Waals surface area contributed by atoms with Crippen molar-refractivity contribution in [2.75, 3.05) is 6.67 Å². The van der Waals surface area contributed by atoms with Crippen LogP contribution in [0.4, 0.5) is 0 Å². The largest absolute Gasteiger partial charge is 0.383 e. The molecule has 0 bridgehead atoms. The van der Waals surface area contributed by atoms with Crippen molar-refractivity contribution in [3.05, 3.63) is 11.8 Å². The molecule has 12 heavy (non-hydrogen) atoms. The van der Waals surface area contributed by atoms with Crippen molar-refractivity contribution in [3.8, 4) is 0 Å². The van der Waals surface area contributed by atoms with Gasteiger partial charge in [0.25, 0.3) is 0 Å². The number of hydrogen-bond donors (Lipinski definition) is 4. The lowest BCUT2D eigenvalue weighted by Gasteiger charge is -2.25. The van der Waals surface area contributed by atoms with Crippen LogP contribution in [0.3, 0.4) is 0 Å². The molecule has 0 aromatic rings. The van der Waals surface area contributed by atoms with E-state index in [2.05, 4.69) is 20.6 Å². The van der Waals surface area contributed by atoms with Gasteiger partial charge in [0.15, 0.2) is 0 Å². The summed E-state index contributed by atoms with van der Waals surface area (Å²) in [6.07, 6.45) is 1.67. The highest BCUT2D eigenvalue weighted by molar-refractivity contribution is 6.07. The molecule has 1 atom stereocenters. The lowest BCUT2D eigenvalue weighted by molar-refractivity contribution is 0.544. The summed E-state index contributed by atoms with van der Waals surface area (Å²) in [5, 5.41) is 6.06. The van der Waals surface area contributed by atoms with Crippen molar-refractivity contribution >= 4 is 11.8 Å². The topological polar surface area (TPSA) is 101 Å². The lowest BCUT2D eigenvalue weighted by Crippen LogP contribution is -2.47. The Balaban J connectivity index is 2.37. The van der Waals surface area contributed by atoms with Crippen molar-refractivity contribution in [3.63, 3.8) is 0 Å². The van der Waals surface area contributed by atoms with Gasteiger partial charge >= 0.3 is 0 Å². The zero-order chi connectivity index (χ0) is 8.55. The summed E-state index contributed by atoms with van der Waals surface area (Å²) in [5.74, 6) is 0.649. The molecule has 0 aromatic heterocycles. The second-order valence-corrected chi connectivity index (χ2v) is 2.57. The first-order valence-electron chi connectivity index (χ1n) is 3.62. The number of rotatable bonds is 0. The molecule has 0 saturated heterocycles. The van der Waals surface area contributed by atoms with Crippen LogP contribution in [0.25, 0.3) is 0 Å². The van der Waals surface area contributed by atoms with Gasteiger partial charge in [0, 0.05) is 11.8 Å². The van der Waals surface area contributed by atoms with Crippen LogP contribution in [0.2, 0.25) is 0 Å². The number of nitrogens with two attached hydrogens (primary N) is 2. The average Bonchev–Trinajstić information content (AvgIpc) is 2.04. The number of fused-ring (bicyclic) bond motifs is 1. The van der Waals surface area contributed by atoms with E-state index in [4.69, 9.17) is 11.5 Å². The van der Waals surface area contributed by atoms with E-state index in [1.165, 1.54) is 0 Å². The maximum absolute atomic E-state index is 5.62. The fourth-order valence-corrected chi connectivity index (χ4v) is 1.18. The van der Waals surface area contributed by atoms with Crippen LogP contribution < -0.4 is 22.1 Å². The highest BCUT2D eigenvalue weighted by Crippen LogP contribution is 2.10. The molecule has 2 aliphatic rings. The van der Waals surface area contributed by atoms with Gasteiger partial charge in [0.05, 0.1) is 6.67 Å². The van der Waals surface area contributed by atoms with Gasteiger partial charge in [0.1, 0.15) is 12.0 Å². The Labute approximate surface area is 69.4 Å². The van der Waals surface area contributed by atoms with E-state index in [9.17, 15) is 0 Å². The molecule has 2 aliphatic heterocycles. The van der Waals surface area contributed by atoms with Gasteiger partial charge in [-0.1, -0.05) is 0 Å². The van der Waals surface area contributed by atoms with Crippen molar-refractivity contribution in [1.29, 1.82) is 0 Å². The summed E-state index contributed by atoms with van der Waals surface area (Å²) in [4.78, 5) is 7.90. The van der Waals surface area contributed by atoms with E-state index >= 15 is 0 Å². The summed E-state index contributed by atoms with van der Waals surface area (Å²) in [6.45, 7) is 0.665. The van der Waals surface area contributed by atoms with E-state index in [-0.39, 0.29) is 12.1 Å². The first-order valence-corrected chi connectivity index (χ1v) is 3.62. The third-order valence-electron chi connectivity index (χ3n) is 1.74. The van der Waals surface area contributed by atoms with Crippen LogP contribution >= 0.6 is 0 Å². The first kappa shape index (κ1) is 7.11. The minimum Gasteiger partial charge on any atom is -0.383 e. The Kier molecular flexibility index (Phi) is 1.47. The molecule has 0 radical (unpaired) electrons. The molecule has 0 aromatic carbocycles. The van der Waals surface area contributed by atoms with Crippen molar-refractivity contribution in [2.45, 2.75) is 6.17 Å². The van der Waals surface area contributed by atoms with E-state index < -0.39 is 0 Å². The maximum atomic E-state index is 5.62. The van der Waals surface area contributed by atoms with E-state index in [0.29, 0.717) is 12.5 Å². The average molecular weight is 166 g/mol. The first-order chi connectivity index (χ1) is 5.77. The summed E-state index contributed by atoms with van der Waals surface area (Å²) >= 11 is 0. The molecule has 2 rings (SSSR count). The van der Waals surface area contributed by atoms with Gasteiger partial charge in [-0.15, -0.1) is 0 Å². The molecule has 0 saturated carbocycles. The Morgan fingerprint density at radius 2 is 2.33 bits per heavy atom. The fourth-order valence-electron chi connectivity index (χ4n) is 1.18. The van der Waals surface area contributed by atoms with Crippen molar-refractivity contribution in [1.82, 2.24) is 10.6 Å². The van der Waals surface area contributed by atoms with Gasteiger partial charge in [0.2, 0.25) is 5.96 Å². The van der Waals surface area contributed by atoms with E-state index in [0.717, 1.165) is 5.57 Å².